The van der Waals surface area contributed by atoms with Crippen LogP contribution in [0.4, 0.5) is 0 Å². The normalized spacial score (nSPS) is 16.1. The monoisotopic (exact) mass is 366 g/mol. The van der Waals surface area contributed by atoms with Crippen LogP contribution >= 0.6 is 0 Å². The van der Waals surface area contributed by atoms with Gasteiger partial charge in [0, 0.05) is 31.7 Å². The summed E-state index contributed by atoms with van der Waals surface area (Å²) < 4.78 is 11.1. The Labute approximate surface area is 158 Å². The summed E-state index contributed by atoms with van der Waals surface area (Å²) in [5, 5.41) is 0. The predicted molar refractivity (Wildman–Crippen MR) is 100 cm³/mol. The molecule has 4 rings (SSSR count). The number of piperazine rings is 1. The minimum atomic E-state index is 0.0227. The summed E-state index contributed by atoms with van der Waals surface area (Å²) in [5.41, 5.74) is 1.60. The summed E-state index contributed by atoms with van der Waals surface area (Å²) in [6, 6.07) is 14.9. The third kappa shape index (κ3) is 3.89. The molecule has 0 aromatic heterocycles. The van der Waals surface area contributed by atoms with E-state index in [4.69, 9.17) is 9.47 Å². The number of nitrogens with zero attached hydrogens (tertiary/aromatic N) is 2. The summed E-state index contributed by atoms with van der Waals surface area (Å²) in [7, 11) is 0. The fraction of sp³-hybridized carbons (Fsp3) is 0.333. The molecule has 0 aliphatic carbocycles. The van der Waals surface area contributed by atoms with Crippen LogP contribution in [0.2, 0.25) is 0 Å². The number of benzene rings is 2. The lowest BCUT2D eigenvalue weighted by Gasteiger charge is -2.35. The summed E-state index contributed by atoms with van der Waals surface area (Å²) in [6.07, 6.45) is 0.323. The highest BCUT2D eigenvalue weighted by Crippen LogP contribution is 2.31. The lowest BCUT2D eigenvalue weighted by atomic mass is 10.1. The fourth-order valence-electron chi connectivity index (χ4n) is 3.41. The van der Waals surface area contributed by atoms with Crippen LogP contribution in [0.15, 0.2) is 48.5 Å². The van der Waals surface area contributed by atoms with Crippen molar-refractivity contribution in [2.24, 2.45) is 0 Å². The molecule has 0 atom stereocenters. The second kappa shape index (κ2) is 7.70. The first kappa shape index (κ1) is 17.4. The Morgan fingerprint density at radius 2 is 1.48 bits per heavy atom. The van der Waals surface area contributed by atoms with Gasteiger partial charge >= 0.3 is 0 Å². The predicted octanol–water partition coefficient (Wildman–Crippen LogP) is 1.98. The van der Waals surface area contributed by atoms with Gasteiger partial charge in [-0.3, -0.25) is 9.59 Å². The smallest absolute Gasteiger partial charge is 0.253 e. The van der Waals surface area contributed by atoms with E-state index in [1.807, 2.05) is 58.3 Å². The van der Waals surface area contributed by atoms with E-state index in [0.717, 1.165) is 11.3 Å². The Balaban J connectivity index is 1.33. The molecule has 2 amide bonds. The molecule has 140 valence electrons. The average Bonchev–Trinajstić information content (AvgIpc) is 2.74. The first-order valence-electron chi connectivity index (χ1n) is 9.21. The number of hydrogen-bond donors (Lipinski definition) is 0. The highest BCUT2D eigenvalue weighted by Gasteiger charge is 2.25. The van der Waals surface area contributed by atoms with Crippen LogP contribution in [0.1, 0.15) is 15.9 Å². The second-order valence-electron chi connectivity index (χ2n) is 6.69. The molecule has 2 heterocycles. The van der Waals surface area contributed by atoms with E-state index in [1.165, 1.54) is 0 Å². The molecule has 0 unspecified atom stereocenters. The molecule has 6 nitrogen and oxygen atoms in total. The molecule has 2 aromatic carbocycles. The molecule has 2 aliphatic heterocycles. The zero-order valence-corrected chi connectivity index (χ0v) is 15.1. The van der Waals surface area contributed by atoms with E-state index in [1.54, 1.807) is 0 Å². The standard InChI is InChI=1S/C21H22N2O4/c24-20(15-16-6-7-18-19(14-16)27-13-12-26-18)22-8-10-23(11-9-22)21(25)17-4-2-1-3-5-17/h1-7,14H,8-13,15H2. The lowest BCUT2D eigenvalue weighted by Crippen LogP contribution is -2.51. The molecule has 1 fully saturated rings. The molecule has 2 aromatic rings. The van der Waals surface area contributed by atoms with Gasteiger partial charge in [-0.2, -0.15) is 0 Å². The van der Waals surface area contributed by atoms with Crippen molar-refractivity contribution < 1.29 is 19.1 Å². The zero-order valence-electron chi connectivity index (χ0n) is 15.1. The largest absolute Gasteiger partial charge is 0.486 e. The molecule has 0 bridgehead atoms. The first-order chi connectivity index (χ1) is 13.2. The van der Waals surface area contributed by atoms with Gasteiger partial charge in [0.15, 0.2) is 11.5 Å². The van der Waals surface area contributed by atoms with Gasteiger partial charge in [0.05, 0.1) is 6.42 Å². The molecular weight excluding hydrogens is 344 g/mol. The Hall–Kier alpha value is -3.02. The van der Waals surface area contributed by atoms with Crippen LogP contribution in [0.25, 0.3) is 0 Å². The average molecular weight is 366 g/mol. The van der Waals surface area contributed by atoms with Gasteiger partial charge in [-0.15, -0.1) is 0 Å². The van der Waals surface area contributed by atoms with Gasteiger partial charge in [0.25, 0.3) is 5.91 Å². The Kier molecular flexibility index (Phi) is 4.96. The topological polar surface area (TPSA) is 59.1 Å². The van der Waals surface area contributed by atoms with E-state index in [2.05, 4.69) is 0 Å². The highest BCUT2D eigenvalue weighted by atomic mass is 16.6. The van der Waals surface area contributed by atoms with E-state index in [9.17, 15) is 9.59 Å². The van der Waals surface area contributed by atoms with Gasteiger partial charge in [-0.25, -0.2) is 0 Å². The van der Waals surface area contributed by atoms with Crippen LogP contribution < -0.4 is 9.47 Å². The van der Waals surface area contributed by atoms with Gasteiger partial charge in [0.1, 0.15) is 13.2 Å². The summed E-state index contributed by atoms with van der Waals surface area (Å²) in [5.74, 6) is 1.52. The Morgan fingerprint density at radius 1 is 0.815 bits per heavy atom. The molecule has 0 saturated carbocycles. The van der Waals surface area contributed by atoms with Crippen molar-refractivity contribution in [2.45, 2.75) is 6.42 Å². The number of hydrogen-bond acceptors (Lipinski definition) is 4. The maximum absolute atomic E-state index is 12.6. The number of rotatable bonds is 3. The molecule has 2 aliphatic rings. The van der Waals surface area contributed by atoms with E-state index >= 15 is 0 Å². The number of fused-ring (bicyclic) bond motifs is 1. The van der Waals surface area contributed by atoms with E-state index in [-0.39, 0.29) is 11.8 Å². The van der Waals surface area contributed by atoms with Crippen molar-refractivity contribution in [3.63, 3.8) is 0 Å². The third-order valence-corrected chi connectivity index (χ3v) is 4.90. The molecule has 0 radical (unpaired) electrons. The number of amides is 2. The molecule has 0 N–H and O–H groups in total. The van der Waals surface area contributed by atoms with Crippen molar-refractivity contribution >= 4 is 11.8 Å². The van der Waals surface area contributed by atoms with Crippen molar-refractivity contribution in [1.82, 2.24) is 9.80 Å². The fourth-order valence-corrected chi connectivity index (χ4v) is 3.41. The number of carbonyl (C=O) groups excluding carboxylic acids is 2. The first-order valence-corrected chi connectivity index (χ1v) is 9.21. The van der Waals surface area contributed by atoms with Gasteiger partial charge in [-0.1, -0.05) is 24.3 Å². The van der Waals surface area contributed by atoms with E-state index < -0.39 is 0 Å². The van der Waals surface area contributed by atoms with Crippen LogP contribution in [0.3, 0.4) is 0 Å². The van der Waals surface area contributed by atoms with Crippen LogP contribution in [-0.2, 0) is 11.2 Å². The summed E-state index contributed by atoms with van der Waals surface area (Å²) >= 11 is 0. The van der Waals surface area contributed by atoms with Crippen molar-refractivity contribution in [1.29, 1.82) is 0 Å². The Morgan fingerprint density at radius 3 is 2.22 bits per heavy atom. The molecule has 0 spiro atoms. The van der Waals surface area contributed by atoms with Crippen molar-refractivity contribution in [3.8, 4) is 11.5 Å². The quantitative estimate of drug-likeness (QED) is 0.834. The SMILES string of the molecule is O=C(Cc1ccc2c(c1)OCCO2)N1CCN(C(=O)c2ccccc2)CC1. The maximum atomic E-state index is 12.6. The molecular formula is C21H22N2O4. The lowest BCUT2D eigenvalue weighted by molar-refractivity contribution is -0.131. The summed E-state index contributed by atoms with van der Waals surface area (Å²) in [6.45, 7) is 3.31. The number of carbonyl (C=O) groups is 2. The molecule has 6 heteroatoms. The minimum absolute atomic E-state index is 0.0227. The van der Waals surface area contributed by atoms with Crippen LogP contribution in [0, 0.1) is 0 Å². The molecule has 1 saturated heterocycles. The van der Waals surface area contributed by atoms with Gasteiger partial charge < -0.3 is 19.3 Å². The van der Waals surface area contributed by atoms with E-state index in [0.29, 0.717) is 57.1 Å². The third-order valence-electron chi connectivity index (χ3n) is 4.90. The zero-order chi connectivity index (χ0) is 18.6. The summed E-state index contributed by atoms with van der Waals surface area (Å²) in [4.78, 5) is 28.8. The van der Waals surface area contributed by atoms with Crippen molar-refractivity contribution in [2.75, 3.05) is 39.4 Å². The van der Waals surface area contributed by atoms with Crippen LogP contribution in [-0.4, -0.2) is 61.0 Å². The minimum Gasteiger partial charge on any atom is -0.486 e. The molecule has 27 heavy (non-hydrogen) atoms. The number of ether oxygens (including phenoxy) is 2. The highest BCUT2D eigenvalue weighted by molar-refractivity contribution is 5.94. The second-order valence-corrected chi connectivity index (χ2v) is 6.69. The maximum Gasteiger partial charge on any atom is 0.253 e. The Bertz CT molecular complexity index is 829. The van der Waals surface area contributed by atoms with Crippen LogP contribution in [0.5, 0.6) is 11.5 Å². The van der Waals surface area contributed by atoms with Gasteiger partial charge in [-0.05, 0) is 29.8 Å². The van der Waals surface area contributed by atoms with Gasteiger partial charge in [0.2, 0.25) is 5.91 Å². The van der Waals surface area contributed by atoms with Crippen molar-refractivity contribution in [3.05, 3.63) is 59.7 Å².